The zero-order valence-corrected chi connectivity index (χ0v) is 6.18. The van der Waals surface area contributed by atoms with Gasteiger partial charge >= 0.3 is 0 Å². The van der Waals surface area contributed by atoms with E-state index in [4.69, 9.17) is 10.2 Å². The summed E-state index contributed by atoms with van der Waals surface area (Å²) in [5.74, 6) is 0.166. The first kappa shape index (κ1) is 7.25. The zero-order chi connectivity index (χ0) is 7.40. The molecule has 0 atom stereocenters. The van der Waals surface area contributed by atoms with Gasteiger partial charge in [-0.2, -0.15) is 0 Å². The highest BCUT2D eigenvalue weighted by Gasteiger charge is 2.08. The summed E-state index contributed by atoms with van der Waals surface area (Å²) in [6.07, 6.45) is 4.54. The Kier molecular flexibility index (Phi) is 2.42. The quantitative estimate of drug-likeness (QED) is 0.337. The van der Waals surface area contributed by atoms with Crippen molar-refractivity contribution in [2.24, 2.45) is 5.16 Å². The fourth-order valence-corrected chi connectivity index (χ4v) is 1.01. The van der Waals surface area contributed by atoms with E-state index in [1.807, 2.05) is 0 Å². The molecule has 0 saturated heterocycles. The molecule has 0 aromatic carbocycles. The Morgan fingerprint density at radius 3 is 2.60 bits per heavy atom. The van der Waals surface area contributed by atoms with Gasteiger partial charge in [0.25, 0.3) is 0 Å². The lowest BCUT2D eigenvalue weighted by atomic mass is 10.3. The van der Waals surface area contributed by atoms with Gasteiger partial charge in [0.15, 0.2) is 0 Å². The molecular formula is C7H12N2O. The Balaban J connectivity index is 2.31. The van der Waals surface area contributed by atoms with Gasteiger partial charge in [0.2, 0.25) is 5.90 Å². The van der Waals surface area contributed by atoms with Crippen LogP contribution in [0.5, 0.6) is 0 Å². The molecule has 0 amide bonds. The minimum absolute atomic E-state index is 0.166. The molecule has 1 rings (SSSR count). The SMILES string of the molecule is CC(=N)ON=C1CCCC1. The number of oxime groups is 1. The monoisotopic (exact) mass is 140 g/mol. The molecule has 1 aliphatic rings. The third-order valence-corrected chi connectivity index (χ3v) is 1.49. The minimum atomic E-state index is 0.166. The van der Waals surface area contributed by atoms with Gasteiger partial charge in [-0.05, 0) is 25.7 Å². The normalized spacial score (nSPS) is 17.1. The largest absolute Gasteiger partial charge is 0.342 e. The fourth-order valence-electron chi connectivity index (χ4n) is 1.01. The van der Waals surface area contributed by atoms with Crippen molar-refractivity contribution >= 4 is 11.6 Å². The van der Waals surface area contributed by atoms with Gasteiger partial charge in [-0.3, -0.25) is 5.41 Å². The summed E-state index contributed by atoms with van der Waals surface area (Å²) in [7, 11) is 0. The number of hydrogen-bond acceptors (Lipinski definition) is 3. The molecule has 0 spiro atoms. The van der Waals surface area contributed by atoms with E-state index >= 15 is 0 Å². The van der Waals surface area contributed by atoms with Gasteiger partial charge < -0.3 is 4.84 Å². The van der Waals surface area contributed by atoms with E-state index in [9.17, 15) is 0 Å². The lowest BCUT2D eigenvalue weighted by molar-refractivity contribution is 0.320. The maximum Gasteiger partial charge on any atom is 0.214 e. The summed E-state index contributed by atoms with van der Waals surface area (Å²) in [4.78, 5) is 4.70. The Labute approximate surface area is 60.6 Å². The van der Waals surface area contributed by atoms with E-state index in [0.29, 0.717) is 0 Å². The van der Waals surface area contributed by atoms with Crippen LogP contribution in [-0.2, 0) is 4.84 Å². The van der Waals surface area contributed by atoms with Crippen LogP contribution in [0.25, 0.3) is 0 Å². The first-order valence-electron chi connectivity index (χ1n) is 3.57. The molecular weight excluding hydrogens is 128 g/mol. The standard InChI is InChI=1S/C7H12N2O/c1-6(8)10-9-7-4-2-3-5-7/h8H,2-5H2,1H3. The molecule has 1 aliphatic carbocycles. The van der Waals surface area contributed by atoms with E-state index in [1.54, 1.807) is 6.92 Å². The zero-order valence-electron chi connectivity index (χ0n) is 6.18. The van der Waals surface area contributed by atoms with Crippen LogP contribution in [-0.4, -0.2) is 11.6 Å². The highest BCUT2D eigenvalue weighted by atomic mass is 16.6. The van der Waals surface area contributed by atoms with Gasteiger partial charge in [0.05, 0.1) is 5.71 Å². The third-order valence-electron chi connectivity index (χ3n) is 1.49. The van der Waals surface area contributed by atoms with Crippen molar-refractivity contribution in [1.29, 1.82) is 5.41 Å². The van der Waals surface area contributed by atoms with Crippen LogP contribution in [0, 0.1) is 5.41 Å². The molecule has 56 valence electrons. The van der Waals surface area contributed by atoms with Crippen LogP contribution in [0.4, 0.5) is 0 Å². The van der Waals surface area contributed by atoms with E-state index in [0.717, 1.165) is 18.6 Å². The van der Waals surface area contributed by atoms with Crippen LogP contribution in [0.1, 0.15) is 32.6 Å². The summed E-state index contributed by atoms with van der Waals surface area (Å²) in [6.45, 7) is 1.58. The molecule has 0 unspecified atom stereocenters. The van der Waals surface area contributed by atoms with Gasteiger partial charge in [0.1, 0.15) is 0 Å². The average Bonchev–Trinajstić information content (AvgIpc) is 2.34. The maximum atomic E-state index is 6.93. The van der Waals surface area contributed by atoms with E-state index < -0.39 is 0 Å². The Hall–Kier alpha value is -0.860. The lowest BCUT2D eigenvalue weighted by Crippen LogP contribution is -1.95. The molecule has 0 aromatic rings. The maximum absolute atomic E-state index is 6.93. The van der Waals surface area contributed by atoms with Gasteiger partial charge in [-0.1, -0.05) is 5.16 Å². The molecule has 0 radical (unpaired) electrons. The molecule has 10 heavy (non-hydrogen) atoms. The highest BCUT2D eigenvalue weighted by molar-refractivity contribution is 5.86. The highest BCUT2D eigenvalue weighted by Crippen LogP contribution is 2.14. The van der Waals surface area contributed by atoms with E-state index in [-0.39, 0.29) is 5.90 Å². The van der Waals surface area contributed by atoms with E-state index in [2.05, 4.69) is 5.16 Å². The van der Waals surface area contributed by atoms with Crippen molar-refractivity contribution in [3.05, 3.63) is 0 Å². The molecule has 0 bridgehead atoms. The summed E-state index contributed by atoms with van der Waals surface area (Å²) in [5, 5.41) is 10.7. The fraction of sp³-hybridized carbons (Fsp3) is 0.714. The summed E-state index contributed by atoms with van der Waals surface area (Å²) in [6, 6.07) is 0. The third kappa shape index (κ3) is 2.17. The van der Waals surface area contributed by atoms with Crippen LogP contribution in [0.15, 0.2) is 5.16 Å². The molecule has 0 aromatic heterocycles. The van der Waals surface area contributed by atoms with Gasteiger partial charge in [-0.15, -0.1) is 0 Å². The smallest absolute Gasteiger partial charge is 0.214 e. The number of nitrogens with one attached hydrogen (secondary N) is 1. The topological polar surface area (TPSA) is 45.4 Å². The second kappa shape index (κ2) is 3.34. The Morgan fingerprint density at radius 1 is 1.50 bits per heavy atom. The molecule has 1 N–H and O–H groups in total. The Bertz CT molecular complexity index is 155. The number of rotatable bonds is 1. The minimum Gasteiger partial charge on any atom is -0.342 e. The first-order valence-corrected chi connectivity index (χ1v) is 3.57. The predicted octanol–water partition coefficient (Wildman–Crippen LogP) is 1.93. The van der Waals surface area contributed by atoms with Crippen LogP contribution in [0.2, 0.25) is 0 Å². The van der Waals surface area contributed by atoms with Crippen molar-refractivity contribution in [1.82, 2.24) is 0 Å². The van der Waals surface area contributed by atoms with Crippen molar-refractivity contribution in [3.8, 4) is 0 Å². The predicted molar refractivity (Wildman–Crippen MR) is 40.4 cm³/mol. The number of hydrogen-bond donors (Lipinski definition) is 1. The molecule has 0 aliphatic heterocycles. The molecule has 3 nitrogen and oxygen atoms in total. The van der Waals surface area contributed by atoms with Crippen molar-refractivity contribution in [2.75, 3.05) is 0 Å². The second-order valence-electron chi connectivity index (χ2n) is 2.51. The number of nitrogens with zero attached hydrogens (tertiary/aromatic N) is 1. The average molecular weight is 140 g/mol. The molecule has 0 heterocycles. The molecule has 1 fully saturated rings. The summed E-state index contributed by atoms with van der Waals surface area (Å²) < 4.78 is 0. The first-order chi connectivity index (χ1) is 4.79. The van der Waals surface area contributed by atoms with Crippen molar-refractivity contribution in [3.63, 3.8) is 0 Å². The van der Waals surface area contributed by atoms with Crippen LogP contribution in [0.3, 0.4) is 0 Å². The van der Waals surface area contributed by atoms with E-state index in [1.165, 1.54) is 12.8 Å². The Morgan fingerprint density at radius 2 is 2.10 bits per heavy atom. The summed E-state index contributed by atoms with van der Waals surface area (Å²) >= 11 is 0. The van der Waals surface area contributed by atoms with Gasteiger partial charge in [-0.25, -0.2) is 0 Å². The molecule has 1 saturated carbocycles. The van der Waals surface area contributed by atoms with Gasteiger partial charge in [0, 0.05) is 6.92 Å². The summed E-state index contributed by atoms with van der Waals surface area (Å²) in [5.41, 5.74) is 1.10. The lowest BCUT2D eigenvalue weighted by Gasteiger charge is -1.94. The van der Waals surface area contributed by atoms with Crippen molar-refractivity contribution < 1.29 is 4.84 Å². The van der Waals surface area contributed by atoms with Crippen molar-refractivity contribution in [2.45, 2.75) is 32.6 Å². The molecule has 3 heteroatoms. The van der Waals surface area contributed by atoms with Crippen LogP contribution >= 0.6 is 0 Å². The second-order valence-corrected chi connectivity index (χ2v) is 2.51. The van der Waals surface area contributed by atoms with Crippen LogP contribution < -0.4 is 0 Å².